The van der Waals surface area contributed by atoms with Crippen molar-refractivity contribution >= 4 is 23.2 Å². The predicted molar refractivity (Wildman–Crippen MR) is 88.3 cm³/mol. The quantitative estimate of drug-likeness (QED) is 0.816. The molecule has 0 bridgehead atoms. The minimum absolute atomic E-state index is 0.0350. The molecule has 2 N–H and O–H groups in total. The highest BCUT2D eigenvalue weighted by Crippen LogP contribution is 2.30. The van der Waals surface area contributed by atoms with Gasteiger partial charge in [0.05, 0.1) is 12.8 Å². The maximum Gasteiger partial charge on any atom is 0.387 e. The smallest absolute Gasteiger partial charge is 0.387 e. The van der Waals surface area contributed by atoms with E-state index in [0.717, 1.165) is 12.1 Å². The van der Waals surface area contributed by atoms with Crippen molar-refractivity contribution in [1.82, 2.24) is 0 Å². The first-order valence-corrected chi connectivity index (χ1v) is 7.31. The van der Waals surface area contributed by atoms with E-state index in [1.807, 2.05) is 0 Å². The summed E-state index contributed by atoms with van der Waals surface area (Å²) < 4.78 is 47.7. The van der Waals surface area contributed by atoms with Gasteiger partial charge in [0, 0.05) is 18.2 Å². The zero-order chi connectivity index (χ0) is 19.3. The van der Waals surface area contributed by atoms with Crippen molar-refractivity contribution in [2.24, 2.45) is 0 Å². The summed E-state index contributed by atoms with van der Waals surface area (Å²) in [6.45, 7) is -1.76. The van der Waals surface area contributed by atoms with Crippen LogP contribution in [0.15, 0.2) is 36.4 Å². The van der Waals surface area contributed by atoms with Crippen LogP contribution in [0.3, 0.4) is 0 Å². The summed E-state index contributed by atoms with van der Waals surface area (Å²) in [5.41, 5.74) is 0.174. The van der Waals surface area contributed by atoms with Crippen LogP contribution in [-0.4, -0.2) is 25.5 Å². The molecular formula is C17H15F3N2O4. The third-order valence-corrected chi connectivity index (χ3v) is 3.18. The summed E-state index contributed by atoms with van der Waals surface area (Å²) in [7, 11) is 1.23. The first kappa shape index (κ1) is 19.1. The van der Waals surface area contributed by atoms with Gasteiger partial charge in [-0.15, -0.1) is 0 Å². The Balaban J connectivity index is 2.23. The molecule has 0 spiro atoms. The Morgan fingerprint density at radius 3 is 2.38 bits per heavy atom. The van der Waals surface area contributed by atoms with Crippen molar-refractivity contribution < 1.29 is 32.2 Å². The fourth-order valence-corrected chi connectivity index (χ4v) is 2.10. The third kappa shape index (κ3) is 4.88. The molecule has 0 aliphatic carbocycles. The average Bonchev–Trinajstić information content (AvgIpc) is 2.57. The number of amides is 2. The van der Waals surface area contributed by atoms with Gasteiger partial charge in [0.2, 0.25) is 5.91 Å². The lowest BCUT2D eigenvalue weighted by molar-refractivity contribution is -0.114. The molecule has 0 heterocycles. The standard InChI is InChI=1S/C17H15F3N2O4/c1-9(23)21-11-4-5-12(18)13(8-11)22-16(24)10-3-6-14(26-17(19)20)15(7-10)25-2/h3-8,17H,1-2H3,(H,21,23)(H,22,24). The minimum Gasteiger partial charge on any atom is -0.493 e. The van der Waals surface area contributed by atoms with Crippen molar-refractivity contribution in [2.45, 2.75) is 13.5 Å². The molecule has 0 aliphatic rings. The normalized spacial score (nSPS) is 10.4. The van der Waals surface area contributed by atoms with Crippen molar-refractivity contribution in [2.75, 3.05) is 17.7 Å². The number of rotatable bonds is 6. The Kier molecular flexibility index (Phi) is 6.05. The molecule has 0 saturated heterocycles. The summed E-state index contributed by atoms with van der Waals surface area (Å²) in [6, 6.07) is 7.23. The summed E-state index contributed by atoms with van der Waals surface area (Å²) in [5, 5.41) is 4.81. The lowest BCUT2D eigenvalue weighted by Crippen LogP contribution is -2.14. The van der Waals surface area contributed by atoms with Crippen LogP contribution in [0, 0.1) is 5.82 Å². The Hall–Kier alpha value is -3.23. The van der Waals surface area contributed by atoms with Gasteiger partial charge in [0.25, 0.3) is 5.91 Å². The highest BCUT2D eigenvalue weighted by Gasteiger charge is 2.15. The van der Waals surface area contributed by atoms with Crippen LogP contribution in [0.5, 0.6) is 11.5 Å². The molecule has 2 aromatic carbocycles. The Morgan fingerprint density at radius 1 is 1.04 bits per heavy atom. The number of carbonyl (C=O) groups is 2. The fraction of sp³-hybridized carbons (Fsp3) is 0.176. The fourth-order valence-electron chi connectivity index (χ4n) is 2.10. The molecule has 26 heavy (non-hydrogen) atoms. The Morgan fingerprint density at radius 2 is 1.77 bits per heavy atom. The van der Waals surface area contributed by atoms with Crippen LogP contribution < -0.4 is 20.1 Å². The number of hydrogen-bond donors (Lipinski definition) is 2. The van der Waals surface area contributed by atoms with E-state index in [4.69, 9.17) is 4.74 Å². The second-order valence-corrected chi connectivity index (χ2v) is 5.07. The van der Waals surface area contributed by atoms with Gasteiger partial charge in [-0.25, -0.2) is 4.39 Å². The van der Waals surface area contributed by atoms with Crippen LogP contribution in [0.4, 0.5) is 24.5 Å². The number of nitrogens with one attached hydrogen (secondary N) is 2. The van der Waals surface area contributed by atoms with E-state index in [0.29, 0.717) is 5.69 Å². The average molecular weight is 368 g/mol. The van der Waals surface area contributed by atoms with E-state index in [9.17, 15) is 22.8 Å². The largest absolute Gasteiger partial charge is 0.493 e. The van der Waals surface area contributed by atoms with Gasteiger partial charge in [-0.3, -0.25) is 9.59 Å². The van der Waals surface area contributed by atoms with Crippen LogP contribution in [0.2, 0.25) is 0 Å². The topological polar surface area (TPSA) is 76.7 Å². The number of benzene rings is 2. The van der Waals surface area contributed by atoms with E-state index in [1.165, 1.54) is 38.3 Å². The monoisotopic (exact) mass is 368 g/mol. The lowest BCUT2D eigenvalue weighted by Gasteiger charge is -2.12. The first-order chi connectivity index (χ1) is 12.3. The number of methoxy groups -OCH3 is 1. The summed E-state index contributed by atoms with van der Waals surface area (Å²) in [5.74, 6) is -2.08. The van der Waals surface area contributed by atoms with Gasteiger partial charge < -0.3 is 20.1 Å². The van der Waals surface area contributed by atoms with E-state index in [2.05, 4.69) is 15.4 Å². The van der Waals surface area contributed by atoms with Gasteiger partial charge in [-0.05, 0) is 36.4 Å². The SMILES string of the molecule is COc1cc(C(=O)Nc2cc(NC(C)=O)ccc2F)ccc1OC(F)F. The maximum atomic E-state index is 13.9. The van der Waals surface area contributed by atoms with Crippen molar-refractivity contribution in [1.29, 1.82) is 0 Å². The van der Waals surface area contributed by atoms with Gasteiger partial charge in [0.1, 0.15) is 5.82 Å². The number of carbonyl (C=O) groups excluding carboxylic acids is 2. The van der Waals surface area contributed by atoms with Crippen LogP contribution in [0.25, 0.3) is 0 Å². The van der Waals surface area contributed by atoms with Gasteiger partial charge in [0.15, 0.2) is 11.5 Å². The first-order valence-electron chi connectivity index (χ1n) is 7.31. The van der Waals surface area contributed by atoms with E-state index < -0.39 is 18.3 Å². The molecule has 2 aromatic rings. The van der Waals surface area contributed by atoms with Crippen molar-refractivity contribution in [3.63, 3.8) is 0 Å². The Bertz CT molecular complexity index is 828. The summed E-state index contributed by atoms with van der Waals surface area (Å²) in [4.78, 5) is 23.4. The molecule has 0 saturated carbocycles. The van der Waals surface area contributed by atoms with Crippen LogP contribution in [0.1, 0.15) is 17.3 Å². The second-order valence-electron chi connectivity index (χ2n) is 5.07. The molecule has 0 fully saturated rings. The molecule has 138 valence electrons. The maximum absolute atomic E-state index is 13.9. The van der Waals surface area contributed by atoms with E-state index in [1.54, 1.807) is 0 Å². The van der Waals surface area contributed by atoms with Gasteiger partial charge >= 0.3 is 6.61 Å². The number of hydrogen-bond acceptors (Lipinski definition) is 4. The highest BCUT2D eigenvalue weighted by atomic mass is 19.3. The van der Waals surface area contributed by atoms with Gasteiger partial charge in [-0.1, -0.05) is 0 Å². The highest BCUT2D eigenvalue weighted by molar-refractivity contribution is 6.05. The lowest BCUT2D eigenvalue weighted by atomic mass is 10.1. The zero-order valence-corrected chi connectivity index (χ0v) is 13.8. The van der Waals surface area contributed by atoms with Crippen molar-refractivity contribution in [3.8, 4) is 11.5 Å². The van der Waals surface area contributed by atoms with Crippen LogP contribution >= 0.6 is 0 Å². The molecule has 0 atom stereocenters. The molecule has 9 heteroatoms. The molecule has 0 aromatic heterocycles. The predicted octanol–water partition coefficient (Wildman–Crippen LogP) is 3.65. The Labute approximate surface area is 146 Å². The van der Waals surface area contributed by atoms with Crippen molar-refractivity contribution in [3.05, 3.63) is 47.8 Å². The molecule has 0 unspecified atom stereocenters. The third-order valence-electron chi connectivity index (χ3n) is 3.18. The zero-order valence-electron chi connectivity index (χ0n) is 13.8. The second kappa shape index (κ2) is 8.24. The number of alkyl halides is 2. The number of halogens is 3. The number of anilines is 2. The summed E-state index contributed by atoms with van der Waals surface area (Å²) >= 11 is 0. The van der Waals surface area contributed by atoms with E-state index in [-0.39, 0.29) is 28.7 Å². The minimum atomic E-state index is -3.05. The molecular weight excluding hydrogens is 353 g/mol. The molecule has 0 radical (unpaired) electrons. The summed E-state index contributed by atoms with van der Waals surface area (Å²) in [6.07, 6.45) is 0. The molecule has 0 aliphatic heterocycles. The molecule has 2 rings (SSSR count). The number of ether oxygens (including phenoxy) is 2. The van der Waals surface area contributed by atoms with E-state index >= 15 is 0 Å². The van der Waals surface area contributed by atoms with Gasteiger partial charge in [-0.2, -0.15) is 8.78 Å². The molecule has 2 amide bonds. The van der Waals surface area contributed by atoms with Crippen LogP contribution in [-0.2, 0) is 4.79 Å². The molecule has 6 nitrogen and oxygen atoms in total.